The van der Waals surface area contributed by atoms with Gasteiger partial charge < -0.3 is 5.84 Å². The summed E-state index contributed by atoms with van der Waals surface area (Å²) in [5.41, 5.74) is 3.58. The van der Waals surface area contributed by atoms with Gasteiger partial charge in [0.05, 0.1) is 17.3 Å². The smallest absolute Gasteiger partial charge is 0.271 e. The van der Waals surface area contributed by atoms with Gasteiger partial charge in [-0.2, -0.15) is 10.4 Å². The fourth-order valence-electron chi connectivity index (χ4n) is 2.17. The highest BCUT2D eigenvalue weighted by atomic mass is 32.2. The summed E-state index contributed by atoms with van der Waals surface area (Å²) in [6, 6.07) is 11.5. The van der Waals surface area contributed by atoms with Gasteiger partial charge in [-0.05, 0) is 37.6 Å². The predicted octanol–water partition coefficient (Wildman–Crippen LogP) is 1.96. The first-order valence-electron chi connectivity index (χ1n) is 6.94. The molecule has 0 aliphatic heterocycles. The highest BCUT2D eigenvalue weighted by molar-refractivity contribution is 7.98. The van der Waals surface area contributed by atoms with Gasteiger partial charge in [0, 0.05) is 11.4 Å². The van der Waals surface area contributed by atoms with Crippen molar-refractivity contribution in [1.29, 1.82) is 5.26 Å². The average Bonchev–Trinajstić information content (AvgIpc) is 3.07. The summed E-state index contributed by atoms with van der Waals surface area (Å²) in [5, 5.41) is 22.0. The molecule has 2 heterocycles. The molecule has 0 aliphatic rings. The summed E-state index contributed by atoms with van der Waals surface area (Å²) >= 11 is 1.48. The summed E-state index contributed by atoms with van der Waals surface area (Å²) in [5.74, 6) is 7.27. The lowest BCUT2D eigenvalue weighted by molar-refractivity contribution is 0.727. The van der Waals surface area contributed by atoms with E-state index in [1.165, 1.54) is 16.4 Å². The molecule has 1 aromatic carbocycles. The van der Waals surface area contributed by atoms with Crippen LogP contribution >= 0.6 is 11.8 Å². The quantitative estimate of drug-likeness (QED) is 0.581. The number of rotatable bonds is 4. The van der Waals surface area contributed by atoms with Crippen LogP contribution in [0.4, 0.5) is 0 Å². The highest BCUT2D eigenvalue weighted by Crippen LogP contribution is 2.22. The second-order valence-corrected chi connectivity index (χ2v) is 6.03. The summed E-state index contributed by atoms with van der Waals surface area (Å²) in [4.78, 5) is 0. The van der Waals surface area contributed by atoms with Crippen LogP contribution in [0, 0.1) is 25.2 Å². The number of aryl methyl sites for hydroxylation is 2. The number of nitrogen functional groups attached to an aromatic ring is 1. The molecule has 0 unspecified atom stereocenters. The number of thioether (sulfide) groups is 1. The molecule has 8 heteroatoms. The molecular weight excluding hydrogens is 310 g/mol. The minimum Gasteiger partial charge on any atom is -0.334 e. The standard InChI is InChI=1S/C15H15N7S/c1-10-7-11(2)22(20-10)14-18-19-15(21(14)17)23-9-13-5-3-12(8-16)4-6-13/h3-7H,9,17H2,1-2H3. The number of nitrogens with two attached hydrogens (primary N) is 1. The Labute approximate surface area is 137 Å². The van der Waals surface area contributed by atoms with Gasteiger partial charge in [0.1, 0.15) is 0 Å². The Morgan fingerprint density at radius 3 is 2.57 bits per heavy atom. The summed E-state index contributed by atoms with van der Waals surface area (Å²) < 4.78 is 3.11. The Morgan fingerprint density at radius 1 is 1.22 bits per heavy atom. The molecule has 2 aromatic heterocycles. The van der Waals surface area contributed by atoms with E-state index in [2.05, 4.69) is 21.4 Å². The Kier molecular flexibility index (Phi) is 4.04. The van der Waals surface area contributed by atoms with Crippen molar-refractivity contribution < 1.29 is 0 Å². The van der Waals surface area contributed by atoms with E-state index in [4.69, 9.17) is 11.1 Å². The fraction of sp³-hybridized carbons (Fsp3) is 0.200. The molecule has 0 saturated heterocycles. The lowest BCUT2D eigenvalue weighted by atomic mass is 10.2. The highest BCUT2D eigenvalue weighted by Gasteiger charge is 2.14. The summed E-state index contributed by atoms with van der Waals surface area (Å²) in [6.45, 7) is 3.86. The molecule has 23 heavy (non-hydrogen) atoms. The first-order chi connectivity index (χ1) is 11.1. The van der Waals surface area contributed by atoms with E-state index >= 15 is 0 Å². The van der Waals surface area contributed by atoms with Crippen molar-refractivity contribution in [3.05, 3.63) is 52.8 Å². The molecule has 3 rings (SSSR count). The van der Waals surface area contributed by atoms with Crippen LogP contribution in [-0.2, 0) is 5.75 Å². The molecule has 3 aromatic rings. The van der Waals surface area contributed by atoms with Crippen molar-refractivity contribution in [2.45, 2.75) is 24.8 Å². The third-order valence-corrected chi connectivity index (χ3v) is 4.31. The molecular formula is C15H15N7S. The number of nitriles is 1. The van der Waals surface area contributed by atoms with Crippen molar-refractivity contribution in [1.82, 2.24) is 24.7 Å². The maximum atomic E-state index is 8.81. The molecule has 0 saturated carbocycles. The molecule has 7 nitrogen and oxygen atoms in total. The van der Waals surface area contributed by atoms with Crippen LogP contribution in [0.1, 0.15) is 22.5 Å². The molecule has 0 fully saturated rings. The van der Waals surface area contributed by atoms with Gasteiger partial charge in [0.15, 0.2) is 0 Å². The Hall–Kier alpha value is -2.79. The first-order valence-corrected chi connectivity index (χ1v) is 7.93. The molecule has 0 aliphatic carbocycles. The maximum Gasteiger partial charge on any atom is 0.271 e. The lowest BCUT2D eigenvalue weighted by Crippen LogP contribution is -2.17. The van der Waals surface area contributed by atoms with Gasteiger partial charge in [-0.1, -0.05) is 23.9 Å². The van der Waals surface area contributed by atoms with E-state index in [0.29, 0.717) is 22.4 Å². The molecule has 2 N–H and O–H groups in total. The van der Waals surface area contributed by atoms with E-state index in [-0.39, 0.29) is 0 Å². The fourth-order valence-corrected chi connectivity index (χ4v) is 2.97. The van der Waals surface area contributed by atoms with Crippen LogP contribution in [0.15, 0.2) is 35.5 Å². The molecule has 0 radical (unpaired) electrons. The monoisotopic (exact) mass is 325 g/mol. The summed E-state index contributed by atoms with van der Waals surface area (Å²) in [6.07, 6.45) is 0. The third kappa shape index (κ3) is 3.05. The number of benzene rings is 1. The van der Waals surface area contributed by atoms with Crippen LogP contribution in [0.25, 0.3) is 5.95 Å². The molecule has 0 amide bonds. The van der Waals surface area contributed by atoms with Gasteiger partial charge in [-0.25, -0.2) is 9.36 Å². The second-order valence-electron chi connectivity index (χ2n) is 5.09. The van der Waals surface area contributed by atoms with E-state index in [0.717, 1.165) is 17.0 Å². The maximum absolute atomic E-state index is 8.81. The number of hydrogen-bond donors (Lipinski definition) is 1. The van der Waals surface area contributed by atoms with Gasteiger partial charge in [-0.15, -0.1) is 10.2 Å². The zero-order valence-electron chi connectivity index (χ0n) is 12.8. The molecule has 116 valence electrons. The zero-order chi connectivity index (χ0) is 16.4. The van der Waals surface area contributed by atoms with Crippen molar-refractivity contribution in [2.24, 2.45) is 0 Å². The Bertz CT molecular complexity index is 870. The largest absolute Gasteiger partial charge is 0.334 e. The minimum atomic E-state index is 0.484. The van der Waals surface area contributed by atoms with E-state index in [1.807, 2.05) is 32.0 Å². The van der Waals surface area contributed by atoms with Crippen LogP contribution < -0.4 is 5.84 Å². The van der Waals surface area contributed by atoms with Gasteiger partial charge in [0.25, 0.3) is 5.95 Å². The number of hydrogen-bond acceptors (Lipinski definition) is 6. The van der Waals surface area contributed by atoms with Crippen LogP contribution in [0.2, 0.25) is 0 Å². The van der Waals surface area contributed by atoms with Crippen molar-refractivity contribution in [3.63, 3.8) is 0 Å². The predicted molar refractivity (Wildman–Crippen MR) is 87.5 cm³/mol. The minimum absolute atomic E-state index is 0.484. The lowest BCUT2D eigenvalue weighted by Gasteiger charge is -2.05. The SMILES string of the molecule is Cc1cc(C)n(-c2nnc(SCc3ccc(C#N)cc3)n2N)n1. The number of nitrogens with zero attached hydrogens (tertiary/aromatic N) is 6. The van der Waals surface area contributed by atoms with Crippen LogP contribution in [0.5, 0.6) is 0 Å². The van der Waals surface area contributed by atoms with E-state index in [9.17, 15) is 0 Å². The molecule has 0 bridgehead atoms. The zero-order valence-corrected chi connectivity index (χ0v) is 13.6. The number of aromatic nitrogens is 5. The van der Waals surface area contributed by atoms with Crippen LogP contribution in [-0.4, -0.2) is 24.7 Å². The van der Waals surface area contributed by atoms with Crippen LogP contribution in [0.3, 0.4) is 0 Å². The van der Waals surface area contributed by atoms with E-state index in [1.54, 1.807) is 16.8 Å². The normalized spacial score (nSPS) is 10.7. The second kappa shape index (κ2) is 6.14. The average molecular weight is 325 g/mol. The third-order valence-electron chi connectivity index (χ3n) is 3.30. The Balaban J connectivity index is 1.77. The molecule has 0 atom stereocenters. The van der Waals surface area contributed by atoms with Crippen molar-refractivity contribution in [2.75, 3.05) is 5.84 Å². The van der Waals surface area contributed by atoms with Gasteiger partial charge in [0.2, 0.25) is 5.16 Å². The molecule has 0 spiro atoms. The van der Waals surface area contributed by atoms with Crippen molar-refractivity contribution >= 4 is 11.8 Å². The van der Waals surface area contributed by atoms with Gasteiger partial charge in [-0.3, -0.25) is 0 Å². The van der Waals surface area contributed by atoms with Crippen molar-refractivity contribution in [3.8, 4) is 12.0 Å². The van der Waals surface area contributed by atoms with E-state index < -0.39 is 0 Å². The Morgan fingerprint density at radius 2 is 1.96 bits per heavy atom. The van der Waals surface area contributed by atoms with Gasteiger partial charge >= 0.3 is 0 Å². The topological polar surface area (TPSA) is 98.3 Å². The first kappa shape index (κ1) is 15.1. The summed E-state index contributed by atoms with van der Waals surface area (Å²) in [7, 11) is 0.